The highest BCUT2D eigenvalue weighted by molar-refractivity contribution is 4.90. The van der Waals surface area contributed by atoms with E-state index in [4.69, 9.17) is 10.00 Å². The summed E-state index contributed by atoms with van der Waals surface area (Å²) in [5.74, 6) is 1.51. The molecule has 0 spiro atoms. The van der Waals surface area contributed by atoms with E-state index in [2.05, 4.69) is 32.2 Å². The van der Waals surface area contributed by atoms with E-state index in [1.165, 1.54) is 6.42 Å². The predicted octanol–water partition coefficient (Wildman–Crippen LogP) is 2.72. The smallest absolute Gasteiger partial charge is 0.119 e. The molecule has 0 amide bonds. The predicted molar refractivity (Wildman–Crippen MR) is 69.6 cm³/mol. The van der Waals surface area contributed by atoms with Gasteiger partial charge in [0.2, 0.25) is 0 Å². The van der Waals surface area contributed by atoms with Crippen molar-refractivity contribution in [3.05, 3.63) is 0 Å². The van der Waals surface area contributed by atoms with Gasteiger partial charge in [-0.1, -0.05) is 20.8 Å². The highest BCUT2D eigenvalue weighted by atomic mass is 16.5. The summed E-state index contributed by atoms with van der Waals surface area (Å²) in [7, 11) is 0. The molecule has 1 rings (SSSR count). The van der Waals surface area contributed by atoms with Crippen molar-refractivity contribution in [3.8, 4) is 6.07 Å². The first-order valence-corrected chi connectivity index (χ1v) is 6.90. The van der Waals surface area contributed by atoms with E-state index in [1.54, 1.807) is 0 Å². The summed E-state index contributed by atoms with van der Waals surface area (Å²) < 4.78 is 5.89. The second-order valence-electron chi connectivity index (χ2n) is 5.51. The van der Waals surface area contributed by atoms with Gasteiger partial charge in [0, 0.05) is 0 Å². The van der Waals surface area contributed by atoms with Crippen LogP contribution in [-0.4, -0.2) is 25.3 Å². The first-order chi connectivity index (χ1) is 8.15. The lowest BCUT2D eigenvalue weighted by Gasteiger charge is -2.31. The number of nitriles is 1. The lowest BCUT2D eigenvalue weighted by atomic mass is 9.82. The molecule has 0 saturated heterocycles. The maximum Gasteiger partial charge on any atom is 0.119 e. The van der Waals surface area contributed by atoms with Gasteiger partial charge in [0.25, 0.3) is 0 Å². The van der Waals surface area contributed by atoms with Crippen LogP contribution in [0.4, 0.5) is 0 Å². The molecule has 0 aromatic rings. The zero-order valence-corrected chi connectivity index (χ0v) is 11.4. The summed E-state index contributed by atoms with van der Waals surface area (Å²) in [4.78, 5) is 0. The summed E-state index contributed by atoms with van der Waals surface area (Å²) in [5.41, 5.74) is 0. The zero-order chi connectivity index (χ0) is 12.7. The maximum atomic E-state index is 8.99. The van der Waals surface area contributed by atoms with Crippen molar-refractivity contribution in [2.24, 2.45) is 11.8 Å². The highest BCUT2D eigenvalue weighted by Gasteiger charge is 2.25. The second kappa shape index (κ2) is 7.68. The van der Waals surface area contributed by atoms with Crippen LogP contribution in [-0.2, 0) is 4.74 Å². The van der Waals surface area contributed by atoms with Crippen LogP contribution in [0.1, 0.15) is 46.5 Å². The molecular weight excluding hydrogens is 212 g/mol. The van der Waals surface area contributed by atoms with Crippen LogP contribution in [0.2, 0.25) is 0 Å². The first-order valence-electron chi connectivity index (χ1n) is 6.90. The molecular formula is C14H26N2O. The largest absolute Gasteiger partial charge is 0.375 e. The minimum atomic E-state index is -0.150. The van der Waals surface area contributed by atoms with E-state index >= 15 is 0 Å². The van der Waals surface area contributed by atoms with Crippen LogP contribution >= 0.6 is 0 Å². The molecule has 0 aromatic heterocycles. The quantitative estimate of drug-likeness (QED) is 0.774. The number of hydrogen-bond donors (Lipinski definition) is 1. The van der Waals surface area contributed by atoms with E-state index < -0.39 is 0 Å². The SMILES string of the molecule is CCCNC(C#N)COC1CC(C)CC(C)C1. The van der Waals surface area contributed by atoms with Gasteiger partial charge in [0.15, 0.2) is 0 Å². The summed E-state index contributed by atoms with van der Waals surface area (Å²) >= 11 is 0. The first kappa shape index (κ1) is 14.5. The van der Waals surface area contributed by atoms with Crippen molar-refractivity contribution < 1.29 is 4.74 Å². The van der Waals surface area contributed by atoms with Crippen LogP contribution in [0.15, 0.2) is 0 Å². The van der Waals surface area contributed by atoms with E-state index in [0.29, 0.717) is 12.7 Å². The highest BCUT2D eigenvalue weighted by Crippen LogP contribution is 2.30. The molecule has 1 aliphatic rings. The molecule has 0 heterocycles. The van der Waals surface area contributed by atoms with Crippen molar-refractivity contribution in [2.45, 2.75) is 58.6 Å². The molecule has 98 valence electrons. The molecule has 0 aliphatic heterocycles. The number of hydrogen-bond acceptors (Lipinski definition) is 3. The monoisotopic (exact) mass is 238 g/mol. The Hall–Kier alpha value is -0.590. The Morgan fingerprint density at radius 1 is 1.29 bits per heavy atom. The molecule has 0 aromatic carbocycles. The molecule has 1 saturated carbocycles. The molecule has 1 N–H and O–H groups in total. The van der Waals surface area contributed by atoms with Gasteiger partial charge in [-0.15, -0.1) is 0 Å². The third-order valence-electron chi connectivity index (χ3n) is 3.43. The van der Waals surface area contributed by atoms with Crippen molar-refractivity contribution >= 4 is 0 Å². The molecule has 3 unspecified atom stereocenters. The molecule has 0 radical (unpaired) electrons. The average molecular weight is 238 g/mol. The fourth-order valence-corrected chi connectivity index (χ4v) is 2.70. The van der Waals surface area contributed by atoms with Gasteiger partial charge in [-0.05, 0) is 44.1 Å². The standard InChI is InChI=1S/C14H26N2O/c1-4-5-16-13(9-15)10-17-14-7-11(2)6-12(3)8-14/h11-14,16H,4-8,10H2,1-3H3. The van der Waals surface area contributed by atoms with Crippen LogP contribution < -0.4 is 5.32 Å². The molecule has 1 fully saturated rings. The van der Waals surface area contributed by atoms with Crippen LogP contribution in [0.3, 0.4) is 0 Å². The van der Waals surface area contributed by atoms with Crippen LogP contribution in [0.5, 0.6) is 0 Å². The average Bonchev–Trinajstić information content (AvgIpc) is 2.28. The lowest BCUT2D eigenvalue weighted by Crippen LogP contribution is -2.36. The Balaban J connectivity index is 2.26. The van der Waals surface area contributed by atoms with Gasteiger partial charge in [-0.3, -0.25) is 0 Å². The lowest BCUT2D eigenvalue weighted by molar-refractivity contribution is -0.00345. The van der Waals surface area contributed by atoms with E-state index in [-0.39, 0.29) is 6.04 Å². The summed E-state index contributed by atoms with van der Waals surface area (Å²) in [6, 6.07) is 2.11. The molecule has 3 heteroatoms. The van der Waals surface area contributed by atoms with Gasteiger partial charge in [-0.25, -0.2) is 0 Å². The van der Waals surface area contributed by atoms with Crippen LogP contribution in [0, 0.1) is 23.2 Å². The molecule has 1 aliphatic carbocycles. The zero-order valence-electron chi connectivity index (χ0n) is 11.4. The van der Waals surface area contributed by atoms with E-state index in [9.17, 15) is 0 Å². The number of ether oxygens (including phenoxy) is 1. The van der Waals surface area contributed by atoms with Gasteiger partial charge >= 0.3 is 0 Å². The fourth-order valence-electron chi connectivity index (χ4n) is 2.70. The number of nitrogens with one attached hydrogen (secondary N) is 1. The second-order valence-corrected chi connectivity index (χ2v) is 5.51. The van der Waals surface area contributed by atoms with Gasteiger partial charge in [0.1, 0.15) is 6.04 Å². The van der Waals surface area contributed by atoms with Crippen molar-refractivity contribution in [2.75, 3.05) is 13.2 Å². The van der Waals surface area contributed by atoms with E-state index in [0.717, 1.165) is 37.6 Å². The fraction of sp³-hybridized carbons (Fsp3) is 0.929. The molecule has 0 bridgehead atoms. The van der Waals surface area contributed by atoms with Gasteiger partial charge in [0.05, 0.1) is 18.8 Å². The Labute approximate surface area is 106 Å². The minimum absolute atomic E-state index is 0.150. The van der Waals surface area contributed by atoms with Crippen molar-refractivity contribution in [3.63, 3.8) is 0 Å². The third kappa shape index (κ3) is 5.52. The Morgan fingerprint density at radius 2 is 1.94 bits per heavy atom. The molecule has 3 nitrogen and oxygen atoms in total. The third-order valence-corrected chi connectivity index (χ3v) is 3.43. The Kier molecular flexibility index (Phi) is 6.54. The Morgan fingerprint density at radius 3 is 2.47 bits per heavy atom. The van der Waals surface area contributed by atoms with Crippen molar-refractivity contribution in [1.29, 1.82) is 5.26 Å². The maximum absolute atomic E-state index is 8.99. The molecule has 17 heavy (non-hydrogen) atoms. The van der Waals surface area contributed by atoms with Gasteiger partial charge in [-0.2, -0.15) is 5.26 Å². The number of rotatable bonds is 6. The summed E-state index contributed by atoms with van der Waals surface area (Å²) in [6.45, 7) is 8.11. The topological polar surface area (TPSA) is 45.0 Å². The van der Waals surface area contributed by atoms with Crippen molar-refractivity contribution in [1.82, 2.24) is 5.32 Å². The normalized spacial score (nSPS) is 30.8. The molecule has 3 atom stereocenters. The summed E-state index contributed by atoms with van der Waals surface area (Å²) in [5, 5.41) is 12.2. The van der Waals surface area contributed by atoms with E-state index in [1.807, 2.05) is 0 Å². The van der Waals surface area contributed by atoms with Crippen LogP contribution in [0.25, 0.3) is 0 Å². The summed E-state index contributed by atoms with van der Waals surface area (Å²) in [6.07, 6.45) is 5.02. The van der Waals surface area contributed by atoms with Gasteiger partial charge < -0.3 is 10.1 Å². The minimum Gasteiger partial charge on any atom is -0.375 e. The Bertz CT molecular complexity index is 239. The number of nitrogens with zero attached hydrogens (tertiary/aromatic N) is 1.